The molecule has 0 aliphatic carbocycles. The van der Waals surface area contributed by atoms with Gasteiger partial charge in [0.25, 0.3) is 5.69 Å². The van der Waals surface area contributed by atoms with Crippen LogP contribution >= 0.6 is 0 Å². The summed E-state index contributed by atoms with van der Waals surface area (Å²) in [6.45, 7) is 1.08. The van der Waals surface area contributed by atoms with Crippen molar-refractivity contribution in [2.45, 2.75) is 12.5 Å². The minimum Gasteiger partial charge on any atom is -0.485 e. The molecule has 1 aliphatic rings. The third-order valence-electron chi connectivity index (χ3n) is 3.64. The normalized spacial score (nSPS) is 14.2. The predicted octanol–water partition coefficient (Wildman–Crippen LogP) is 1.82. The number of benzene rings is 1. The van der Waals surface area contributed by atoms with E-state index < -0.39 is 4.92 Å². The molecule has 0 radical (unpaired) electrons. The number of amides is 1. The lowest BCUT2D eigenvalue weighted by Gasteiger charge is -2.39. The van der Waals surface area contributed by atoms with Gasteiger partial charge in [0, 0.05) is 18.3 Å². The van der Waals surface area contributed by atoms with Gasteiger partial charge in [-0.15, -0.1) is 0 Å². The summed E-state index contributed by atoms with van der Waals surface area (Å²) in [5.74, 6) is 0.685. The molecule has 0 bridgehead atoms. The Kier molecular flexibility index (Phi) is 4.18. The Bertz CT molecular complexity index is 697. The number of likely N-dealkylation sites (tertiary alicyclic amines) is 1. The third-order valence-corrected chi connectivity index (χ3v) is 3.64. The number of rotatable bonds is 5. The molecular formula is C16H15N3O4. The number of non-ortho nitro benzene ring substituents is 1. The molecule has 118 valence electrons. The highest BCUT2D eigenvalue weighted by Crippen LogP contribution is 2.18. The fraction of sp³-hybridized carbons (Fsp3) is 0.250. The molecule has 0 unspecified atom stereocenters. The van der Waals surface area contributed by atoms with E-state index in [9.17, 15) is 14.9 Å². The topological polar surface area (TPSA) is 85.6 Å². The lowest BCUT2D eigenvalue weighted by Crippen LogP contribution is -2.56. The highest BCUT2D eigenvalue weighted by Gasteiger charge is 2.32. The Hall–Kier alpha value is -2.96. The molecule has 1 aromatic heterocycles. The Morgan fingerprint density at radius 2 is 2.04 bits per heavy atom. The molecule has 2 heterocycles. The Balaban J connectivity index is 1.48. The molecule has 7 heteroatoms. The molecule has 1 aromatic carbocycles. The maximum atomic E-state index is 12.1. The minimum absolute atomic E-state index is 0.00936. The molecular weight excluding hydrogens is 298 g/mol. The van der Waals surface area contributed by atoms with E-state index in [-0.39, 0.29) is 24.1 Å². The number of ether oxygens (including phenoxy) is 1. The molecule has 0 saturated carbocycles. The van der Waals surface area contributed by atoms with Gasteiger partial charge in [0.1, 0.15) is 11.9 Å². The van der Waals surface area contributed by atoms with Gasteiger partial charge < -0.3 is 9.64 Å². The van der Waals surface area contributed by atoms with Crippen LogP contribution in [0.3, 0.4) is 0 Å². The summed E-state index contributed by atoms with van der Waals surface area (Å²) in [7, 11) is 0. The first kappa shape index (κ1) is 15.0. The molecule has 0 atom stereocenters. The van der Waals surface area contributed by atoms with E-state index in [0.29, 0.717) is 18.8 Å². The van der Waals surface area contributed by atoms with E-state index in [1.165, 1.54) is 12.1 Å². The SMILES string of the molecule is O=C(Cc1ccc([N+](=O)[O-])cc1)N1CC(Oc2cccnc2)C1. The van der Waals surface area contributed by atoms with Gasteiger partial charge in [-0.3, -0.25) is 19.9 Å². The van der Waals surface area contributed by atoms with Gasteiger partial charge in [-0.2, -0.15) is 0 Å². The van der Waals surface area contributed by atoms with Gasteiger partial charge in [-0.05, 0) is 17.7 Å². The van der Waals surface area contributed by atoms with E-state index in [4.69, 9.17) is 4.74 Å². The standard InChI is InChI=1S/C16H15N3O4/c20-16(8-12-3-5-13(6-4-12)19(21)22)18-10-15(11-18)23-14-2-1-7-17-9-14/h1-7,9,15H,8,10-11H2. The predicted molar refractivity (Wildman–Crippen MR) is 82.0 cm³/mol. The minimum atomic E-state index is -0.457. The van der Waals surface area contributed by atoms with E-state index in [1.54, 1.807) is 35.5 Å². The second-order valence-electron chi connectivity index (χ2n) is 5.33. The van der Waals surface area contributed by atoms with E-state index in [1.807, 2.05) is 6.07 Å². The number of carbonyl (C=O) groups excluding carboxylic acids is 1. The van der Waals surface area contributed by atoms with Crippen LogP contribution in [0.5, 0.6) is 5.75 Å². The van der Waals surface area contributed by atoms with Gasteiger partial charge in [0.2, 0.25) is 5.91 Å². The summed E-state index contributed by atoms with van der Waals surface area (Å²) in [5.41, 5.74) is 0.785. The van der Waals surface area contributed by atoms with Crippen molar-refractivity contribution in [3.05, 3.63) is 64.5 Å². The summed E-state index contributed by atoms with van der Waals surface area (Å²) < 4.78 is 5.69. The quantitative estimate of drug-likeness (QED) is 0.621. The number of nitrogens with zero attached hydrogens (tertiary/aromatic N) is 3. The second kappa shape index (κ2) is 6.43. The lowest BCUT2D eigenvalue weighted by atomic mass is 10.1. The fourth-order valence-electron chi connectivity index (χ4n) is 2.35. The number of hydrogen-bond acceptors (Lipinski definition) is 5. The second-order valence-corrected chi connectivity index (χ2v) is 5.33. The van der Waals surface area contributed by atoms with Crippen LogP contribution in [0, 0.1) is 10.1 Å². The van der Waals surface area contributed by atoms with Crippen molar-refractivity contribution in [1.29, 1.82) is 0 Å². The van der Waals surface area contributed by atoms with Crippen LogP contribution in [0.2, 0.25) is 0 Å². The maximum absolute atomic E-state index is 12.1. The van der Waals surface area contributed by atoms with Gasteiger partial charge in [-0.25, -0.2) is 0 Å². The van der Waals surface area contributed by atoms with Gasteiger partial charge in [-0.1, -0.05) is 12.1 Å². The Morgan fingerprint density at radius 3 is 2.65 bits per heavy atom. The highest BCUT2D eigenvalue weighted by atomic mass is 16.6. The first-order valence-corrected chi connectivity index (χ1v) is 7.19. The van der Waals surface area contributed by atoms with Crippen molar-refractivity contribution in [3.8, 4) is 5.75 Å². The van der Waals surface area contributed by atoms with Crippen LogP contribution < -0.4 is 4.74 Å². The maximum Gasteiger partial charge on any atom is 0.269 e. The van der Waals surface area contributed by atoms with Crippen molar-refractivity contribution in [2.75, 3.05) is 13.1 Å². The average molecular weight is 313 g/mol. The van der Waals surface area contributed by atoms with Crippen molar-refractivity contribution >= 4 is 11.6 Å². The molecule has 1 aliphatic heterocycles. The Morgan fingerprint density at radius 1 is 1.30 bits per heavy atom. The zero-order valence-corrected chi connectivity index (χ0v) is 12.3. The van der Waals surface area contributed by atoms with Crippen molar-refractivity contribution < 1.29 is 14.5 Å². The smallest absolute Gasteiger partial charge is 0.269 e. The summed E-state index contributed by atoms with van der Waals surface area (Å²) in [6.07, 6.45) is 3.53. The van der Waals surface area contributed by atoms with Crippen LogP contribution in [-0.2, 0) is 11.2 Å². The number of nitro benzene ring substituents is 1. The van der Waals surface area contributed by atoms with Crippen molar-refractivity contribution in [2.24, 2.45) is 0 Å². The molecule has 0 N–H and O–H groups in total. The number of carbonyl (C=O) groups is 1. The molecule has 1 amide bonds. The van der Waals surface area contributed by atoms with Gasteiger partial charge >= 0.3 is 0 Å². The molecule has 1 fully saturated rings. The van der Waals surface area contributed by atoms with Crippen molar-refractivity contribution in [3.63, 3.8) is 0 Å². The largest absolute Gasteiger partial charge is 0.485 e. The molecule has 1 saturated heterocycles. The Labute approximate surface area is 132 Å². The van der Waals surface area contributed by atoms with Crippen molar-refractivity contribution in [1.82, 2.24) is 9.88 Å². The fourth-order valence-corrected chi connectivity index (χ4v) is 2.35. The van der Waals surface area contributed by atoms with Crippen LogP contribution in [0.4, 0.5) is 5.69 Å². The van der Waals surface area contributed by atoms with Crippen LogP contribution in [0.15, 0.2) is 48.8 Å². The summed E-state index contributed by atoms with van der Waals surface area (Å²) >= 11 is 0. The monoisotopic (exact) mass is 313 g/mol. The van der Waals surface area contributed by atoms with E-state index in [0.717, 1.165) is 5.56 Å². The zero-order valence-electron chi connectivity index (χ0n) is 12.3. The lowest BCUT2D eigenvalue weighted by molar-refractivity contribution is -0.384. The molecule has 2 aromatic rings. The number of hydrogen-bond donors (Lipinski definition) is 0. The van der Waals surface area contributed by atoms with E-state index >= 15 is 0 Å². The first-order valence-electron chi connectivity index (χ1n) is 7.19. The molecule has 3 rings (SSSR count). The highest BCUT2D eigenvalue weighted by molar-refractivity contribution is 5.79. The van der Waals surface area contributed by atoms with Gasteiger partial charge in [0.15, 0.2) is 0 Å². The van der Waals surface area contributed by atoms with Crippen LogP contribution in [0.25, 0.3) is 0 Å². The third kappa shape index (κ3) is 3.63. The van der Waals surface area contributed by atoms with Crippen LogP contribution in [-0.4, -0.2) is 39.9 Å². The van der Waals surface area contributed by atoms with Gasteiger partial charge in [0.05, 0.1) is 30.6 Å². The number of nitro groups is 1. The zero-order chi connectivity index (χ0) is 16.2. The van der Waals surface area contributed by atoms with Crippen LogP contribution in [0.1, 0.15) is 5.56 Å². The average Bonchev–Trinajstić information content (AvgIpc) is 2.52. The van der Waals surface area contributed by atoms with E-state index in [2.05, 4.69) is 4.98 Å². The first-order chi connectivity index (χ1) is 11.1. The number of pyridine rings is 1. The summed E-state index contributed by atoms with van der Waals surface area (Å²) in [4.78, 5) is 28.0. The summed E-state index contributed by atoms with van der Waals surface area (Å²) in [6, 6.07) is 9.67. The summed E-state index contributed by atoms with van der Waals surface area (Å²) in [5, 5.41) is 10.6. The molecule has 0 spiro atoms. The molecule has 23 heavy (non-hydrogen) atoms. The number of aromatic nitrogens is 1. The molecule has 7 nitrogen and oxygen atoms in total.